The predicted molar refractivity (Wildman–Crippen MR) is 128 cm³/mol. The third-order valence-corrected chi connectivity index (χ3v) is 7.42. The van der Waals surface area contributed by atoms with E-state index in [1.165, 1.54) is 16.9 Å². The molecule has 2 aliphatic heterocycles. The molecule has 0 aliphatic carbocycles. The zero-order valence-electron chi connectivity index (χ0n) is 18.4. The van der Waals surface area contributed by atoms with Gasteiger partial charge in [-0.05, 0) is 31.9 Å². The Hall–Kier alpha value is -2.90. The van der Waals surface area contributed by atoms with Gasteiger partial charge < -0.3 is 19.6 Å². The number of thiazole rings is 1. The monoisotopic (exact) mass is 449 g/mol. The Labute approximate surface area is 192 Å². The molecule has 0 unspecified atom stereocenters. The molecule has 1 amide bonds. The van der Waals surface area contributed by atoms with Crippen molar-refractivity contribution < 1.29 is 14.6 Å². The van der Waals surface area contributed by atoms with E-state index in [1.807, 2.05) is 23.1 Å². The smallest absolute Gasteiger partial charge is 0.270 e. The zero-order valence-corrected chi connectivity index (χ0v) is 19.2. The van der Waals surface area contributed by atoms with Gasteiger partial charge in [-0.15, -0.1) is 11.3 Å². The fourth-order valence-electron chi connectivity index (χ4n) is 4.40. The van der Waals surface area contributed by atoms with E-state index in [1.54, 1.807) is 7.11 Å². The summed E-state index contributed by atoms with van der Waals surface area (Å²) in [5, 5.41) is 10.7. The first-order valence-corrected chi connectivity index (χ1v) is 11.8. The number of anilines is 2. The first-order valence-electron chi connectivity index (χ1n) is 11.0. The van der Waals surface area contributed by atoms with Crippen LogP contribution in [0.3, 0.4) is 0 Å². The van der Waals surface area contributed by atoms with Gasteiger partial charge in [0.15, 0.2) is 0 Å². The van der Waals surface area contributed by atoms with Crippen LogP contribution in [0.2, 0.25) is 0 Å². The maximum Gasteiger partial charge on any atom is 0.270 e. The van der Waals surface area contributed by atoms with E-state index in [-0.39, 0.29) is 12.0 Å². The molecule has 5 rings (SSSR count). The van der Waals surface area contributed by atoms with Crippen LogP contribution in [0, 0.1) is 6.92 Å². The van der Waals surface area contributed by atoms with Crippen LogP contribution in [0.25, 0.3) is 10.6 Å². The quantitative estimate of drug-likeness (QED) is 0.644. The number of aryl methyl sites for hydroxylation is 1. The summed E-state index contributed by atoms with van der Waals surface area (Å²) in [5.74, 6) is 0.750. The predicted octanol–water partition coefficient (Wildman–Crippen LogP) is 4.29. The van der Waals surface area contributed by atoms with Crippen molar-refractivity contribution in [1.29, 1.82) is 0 Å². The fourth-order valence-corrected chi connectivity index (χ4v) is 5.46. The Morgan fingerprint density at radius 1 is 1.09 bits per heavy atom. The fraction of sp³-hybridized carbons (Fsp3) is 0.360. The summed E-state index contributed by atoms with van der Waals surface area (Å²) in [6, 6.07) is 14.2. The highest BCUT2D eigenvalue weighted by atomic mass is 32.1. The number of aliphatic hydroxyl groups excluding tert-OH is 1. The standard InChI is InChI=1S/C25H27N3O3S/c1-16-3-5-17(6-4-16)24-26-20-11-14-28(25(30)23(20)32-24)18-7-8-21(22(15-18)31-2)27-12-9-19(29)10-13-27/h3-8,15,19,29H,9-14H2,1-2H3. The first-order chi connectivity index (χ1) is 15.5. The minimum absolute atomic E-state index is 0.00184. The van der Waals surface area contributed by atoms with Crippen LogP contribution in [0.5, 0.6) is 5.75 Å². The largest absolute Gasteiger partial charge is 0.495 e. The number of hydrogen-bond acceptors (Lipinski definition) is 6. The zero-order chi connectivity index (χ0) is 22.2. The summed E-state index contributed by atoms with van der Waals surface area (Å²) in [7, 11) is 1.66. The Morgan fingerprint density at radius 3 is 2.56 bits per heavy atom. The van der Waals surface area contributed by atoms with Crippen LogP contribution in [0.15, 0.2) is 42.5 Å². The van der Waals surface area contributed by atoms with Crippen LogP contribution >= 0.6 is 11.3 Å². The lowest BCUT2D eigenvalue weighted by molar-refractivity contribution is 0.0984. The number of aliphatic hydroxyl groups is 1. The van der Waals surface area contributed by atoms with Crippen molar-refractivity contribution in [2.24, 2.45) is 0 Å². The topological polar surface area (TPSA) is 65.9 Å². The van der Waals surface area contributed by atoms with Crippen LogP contribution in [0.1, 0.15) is 33.8 Å². The van der Waals surface area contributed by atoms with Gasteiger partial charge in [0.25, 0.3) is 5.91 Å². The number of hydrogen-bond donors (Lipinski definition) is 1. The van der Waals surface area contributed by atoms with Gasteiger partial charge in [0.2, 0.25) is 0 Å². The molecule has 0 radical (unpaired) electrons. The van der Waals surface area contributed by atoms with Gasteiger partial charge in [0, 0.05) is 43.4 Å². The minimum atomic E-state index is -0.221. The summed E-state index contributed by atoms with van der Waals surface area (Å²) in [5.41, 5.74) is 4.99. The highest BCUT2D eigenvalue weighted by Gasteiger charge is 2.30. The number of carbonyl (C=O) groups excluding carboxylic acids is 1. The van der Waals surface area contributed by atoms with E-state index in [9.17, 15) is 9.90 Å². The molecule has 2 aromatic carbocycles. The number of rotatable bonds is 4. The third kappa shape index (κ3) is 3.87. The molecule has 0 saturated carbocycles. The van der Waals surface area contributed by atoms with Crippen molar-refractivity contribution >= 4 is 28.6 Å². The average Bonchev–Trinajstić information content (AvgIpc) is 3.25. The molecule has 3 heterocycles. The molecule has 0 atom stereocenters. The summed E-state index contributed by atoms with van der Waals surface area (Å²) >= 11 is 1.47. The van der Waals surface area contributed by atoms with Crippen molar-refractivity contribution in [3.8, 4) is 16.3 Å². The molecule has 6 nitrogen and oxygen atoms in total. The van der Waals surface area contributed by atoms with E-state index in [0.717, 1.165) is 70.6 Å². The van der Waals surface area contributed by atoms with E-state index in [2.05, 4.69) is 36.1 Å². The SMILES string of the molecule is COc1cc(N2CCc3nc(-c4ccc(C)cc4)sc3C2=O)ccc1N1CCC(O)CC1. The number of ether oxygens (including phenoxy) is 1. The van der Waals surface area contributed by atoms with Gasteiger partial charge in [-0.25, -0.2) is 4.98 Å². The second kappa shape index (κ2) is 8.56. The van der Waals surface area contributed by atoms with Crippen LogP contribution in [0.4, 0.5) is 11.4 Å². The summed E-state index contributed by atoms with van der Waals surface area (Å²) in [6.07, 6.45) is 2.03. The van der Waals surface area contributed by atoms with Crippen LogP contribution in [-0.2, 0) is 6.42 Å². The Bertz CT molecular complexity index is 1130. The Morgan fingerprint density at radius 2 is 1.84 bits per heavy atom. The lowest BCUT2D eigenvalue weighted by Crippen LogP contribution is -2.37. The number of fused-ring (bicyclic) bond motifs is 1. The van der Waals surface area contributed by atoms with Gasteiger partial charge >= 0.3 is 0 Å². The van der Waals surface area contributed by atoms with E-state index >= 15 is 0 Å². The molecule has 1 fully saturated rings. The molecule has 1 N–H and O–H groups in total. The summed E-state index contributed by atoms with van der Waals surface area (Å²) in [4.78, 5) is 22.9. The molecule has 0 bridgehead atoms. The number of amides is 1. The molecule has 0 spiro atoms. The van der Waals surface area contributed by atoms with Gasteiger partial charge in [-0.2, -0.15) is 0 Å². The maximum atomic E-state index is 13.4. The number of piperidine rings is 1. The number of aromatic nitrogens is 1. The van der Waals surface area contributed by atoms with Gasteiger partial charge in [0.05, 0.1) is 24.6 Å². The van der Waals surface area contributed by atoms with Crippen LogP contribution < -0.4 is 14.5 Å². The lowest BCUT2D eigenvalue weighted by atomic mass is 10.1. The normalized spacial score (nSPS) is 16.9. The van der Waals surface area contributed by atoms with Gasteiger partial charge in [0.1, 0.15) is 15.6 Å². The minimum Gasteiger partial charge on any atom is -0.495 e. The van der Waals surface area contributed by atoms with Crippen molar-refractivity contribution in [2.75, 3.05) is 36.5 Å². The Balaban J connectivity index is 1.40. The number of nitrogens with zero attached hydrogens (tertiary/aromatic N) is 3. The molecule has 1 saturated heterocycles. The van der Waals surface area contributed by atoms with Crippen molar-refractivity contribution in [2.45, 2.75) is 32.3 Å². The van der Waals surface area contributed by atoms with Gasteiger partial charge in [-0.1, -0.05) is 29.8 Å². The molecule has 2 aliphatic rings. The van der Waals surface area contributed by atoms with Crippen molar-refractivity contribution in [3.63, 3.8) is 0 Å². The molecular formula is C25H27N3O3S. The Kier molecular flexibility index (Phi) is 5.61. The molecule has 3 aromatic rings. The number of benzene rings is 2. The van der Waals surface area contributed by atoms with Crippen LogP contribution in [-0.4, -0.2) is 48.8 Å². The molecule has 7 heteroatoms. The van der Waals surface area contributed by atoms with E-state index in [4.69, 9.17) is 9.72 Å². The highest BCUT2D eigenvalue weighted by Crippen LogP contribution is 2.37. The first kappa shape index (κ1) is 21.0. The molecule has 1 aromatic heterocycles. The third-order valence-electron chi connectivity index (χ3n) is 6.29. The highest BCUT2D eigenvalue weighted by molar-refractivity contribution is 7.17. The summed E-state index contributed by atoms with van der Waals surface area (Å²) in [6.45, 7) is 4.25. The molecule has 32 heavy (non-hydrogen) atoms. The molecule has 166 valence electrons. The van der Waals surface area contributed by atoms with Crippen molar-refractivity contribution in [3.05, 3.63) is 58.6 Å². The van der Waals surface area contributed by atoms with E-state index < -0.39 is 0 Å². The average molecular weight is 450 g/mol. The lowest BCUT2D eigenvalue weighted by Gasteiger charge is -2.33. The second-order valence-electron chi connectivity index (χ2n) is 8.44. The van der Waals surface area contributed by atoms with E-state index in [0.29, 0.717) is 6.54 Å². The number of carbonyl (C=O) groups is 1. The van der Waals surface area contributed by atoms with Gasteiger partial charge in [-0.3, -0.25) is 4.79 Å². The second-order valence-corrected chi connectivity index (χ2v) is 9.44. The number of methoxy groups -OCH3 is 1. The summed E-state index contributed by atoms with van der Waals surface area (Å²) < 4.78 is 5.68. The molecular weight excluding hydrogens is 422 g/mol. The van der Waals surface area contributed by atoms with Crippen molar-refractivity contribution in [1.82, 2.24) is 4.98 Å². The maximum absolute atomic E-state index is 13.4.